The Balaban J connectivity index is 1.45. The standard InChI is InChI=1S/C17H26N4O3/c1-20-11-13(10-19-20)9-16(22)21-5-2-12(3-6-21)8-15-14(17(18)23)4-7-24-15/h10-12,14-15H,2-9H2,1H3,(H2,18,23)/t14-,15-/m1/s1. The van der Waals surface area contributed by atoms with Gasteiger partial charge in [-0.15, -0.1) is 0 Å². The summed E-state index contributed by atoms with van der Waals surface area (Å²) in [5.41, 5.74) is 6.40. The number of carbonyl (C=O) groups is 2. The molecule has 0 aliphatic carbocycles. The molecule has 2 amide bonds. The number of amides is 2. The van der Waals surface area contributed by atoms with E-state index in [9.17, 15) is 9.59 Å². The molecule has 0 saturated carbocycles. The summed E-state index contributed by atoms with van der Waals surface area (Å²) in [6.07, 6.45) is 7.53. The first-order valence-corrected chi connectivity index (χ1v) is 8.69. The molecule has 0 aromatic carbocycles. The van der Waals surface area contributed by atoms with Gasteiger partial charge in [0.1, 0.15) is 0 Å². The number of primary amides is 1. The number of likely N-dealkylation sites (tertiary alicyclic amines) is 1. The number of aromatic nitrogens is 2. The van der Waals surface area contributed by atoms with Crippen LogP contribution < -0.4 is 5.73 Å². The molecule has 0 bridgehead atoms. The second-order valence-electron chi connectivity index (χ2n) is 6.97. The SMILES string of the molecule is Cn1cc(CC(=O)N2CCC(C[C@H]3OCC[C@H]3C(N)=O)CC2)cn1. The van der Waals surface area contributed by atoms with Crippen LogP contribution in [0.5, 0.6) is 0 Å². The van der Waals surface area contributed by atoms with E-state index in [0.29, 0.717) is 18.9 Å². The molecule has 2 atom stereocenters. The van der Waals surface area contributed by atoms with Gasteiger partial charge in [0.05, 0.1) is 24.6 Å². The Kier molecular flexibility index (Phi) is 5.18. The third-order valence-corrected chi connectivity index (χ3v) is 5.22. The summed E-state index contributed by atoms with van der Waals surface area (Å²) < 4.78 is 7.41. The van der Waals surface area contributed by atoms with Crippen LogP contribution in [0.4, 0.5) is 0 Å². The number of aryl methyl sites for hydroxylation is 1. The first-order valence-electron chi connectivity index (χ1n) is 8.69. The number of nitrogens with two attached hydrogens (primary N) is 1. The maximum atomic E-state index is 12.4. The van der Waals surface area contributed by atoms with Crippen LogP contribution in [0, 0.1) is 11.8 Å². The Labute approximate surface area is 142 Å². The monoisotopic (exact) mass is 334 g/mol. The van der Waals surface area contributed by atoms with Gasteiger partial charge >= 0.3 is 0 Å². The molecule has 1 aromatic heterocycles. The molecule has 1 aromatic rings. The Morgan fingerprint density at radius 2 is 2.08 bits per heavy atom. The van der Waals surface area contributed by atoms with Crippen LogP contribution in [-0.4, -0.2) is 52.3 Å². The van der Waals surface area contributed by atoms with Crippen molar-refractivity contribution in [2.75, 3.05) is 19.7 Å². The molecular formula is C17H26N4O3. The second-order valence-corrected chi connectivity index (χ2v) is 6.97. The highest BCUT2D eigenvalue weighted by atomic mass is 16.5. The van der Waals surface area contributed by atoms with Crippen molar-refractivity contribution in [1.82, 2.24) is 14.7 Å². The third kappa shape index (κ3) is 3.95. The first-order chi connectivity index (χ1) is 11.5. The summed E-state index contributed by atoms with van der Waals surface area (Å²) in [4.78, 5) is 25.8. The van der Waals surface area contributed by atoms with E-state index in [0.717, 1.165) is 44.3 Å². The van der Waals surface area contributed by atoms with Crippen molar-refractivity contribution >= 4 is 11.8 Å². The number of carbonyl (C=O) groups excluding carboxylic acids is 2. The van der Waals surface area contributed by atoms with E-state index in [-0.39, 0.29) is 23.8 Å². The van der Waals surface area contributed by atoms with E-state index >= 15 is 0 Å². The van der Waals surface area contributed by atoms with Crippen LogP contribution in [0.2, 0.25) is 0 Å². The van der Waals surface area contributed by atoms with Crippen LogP contribution >= 0.6 is 0 Å². The quantitative estimate of drug-likeness (QED) is 0.848. The smallest absolute Gasteiger partial charge is 0.227 e. The largest absolute Gasteiger partial charge is 0.377 e. The third-order valence-electron chi connectivity index (χ3n) is 5.22. The predicted molar refractivity (Wildman–Crippen MR) is 87.9 cm³/mol. The lowest BCUT2D eigenvalue weighted by atomic mass is 9.86. The topological polar surface area (TPSA) is 90.5 Å². The van der Waals surface area contributed by atoms with Crippen molar-refractivity contribution < 1.29 is 14.3 Å². The molecular weight excluding hydrogens is 308 g/mol. The van der Waals surface area contributed by atoms with Crippen LogP contribution in [-0.2, 0) is 27.8 Å². The van der Waals surface area contributed by atoms with Gasteiger partial charge in [-0.05, 0) is 37.2 Å². The molecule has 0 unspecified atom stereocenters. The molecule has 7 nitrogen and oxygen atoms in total. The number of hydrogen-bond donors (Lipinski definition) is 1. The van der Waals surface area contributed by atoms with Gasteiger partial charge in [0, 0.05) is 32.9 Å². The first kappa shape index (κ1) is 17.0. The van der Waals surface area contributed by atoms with Gasteiger partial charge in [0.25, 0.3) is 0 Å². The average Bonchev–Trinajstić information content (AvgIpc) is 3.17. The van der Waals surface area contributed by atoms with Crippen molar-refractivity contribution in [2.24, 2.45) is 24.6 Å². The Morgan fingerprint density at radius 3 is 2.71 bits per heavy atom. The molecule has 3 heterocycles. The van der Waals surface area contributed by atoms with Gasteiger partial charge in [-0.1, -0.05) is 0 Å². The fraction of sp³-hybridized carbons (Fsp3) is 0.706. The van der Waals surface area contributed by atoms with Crippen molar-refractivity contribution in [2.45, 2.75) is 38.2 Å². The molecule has 7 heteroatoms. The van der Waals surface area contributed by atoms with Crippen molar-refractivity contribution in [3.8, 4) is 0 Å². The minimum Gasteiger partial charge on any atom is -0.377 e. The predicted octanol–water partition coefficient (Wildman–Crippen LogP) is 0.482. The molecule has 0 spiro atoms. The zero-order valence-corrected chi connectivity index (χ0v) is 14.2. The number of hydrogen-bond acceptors (Lipinski definition) is 4. The Hall–Kier alpha value is -1.89. The van der Waals surface area contributed by atoms with Crippen LogP contribution in [0.3, 0.4) is 0 Å². The lowest BCUT2D eigenvalue weighted by molar-refractivity contribution is -0.132. The zero-order valence-electron chi connectivity index (χ0n) is 14.2. The molecule has 2 fully saturated rings. The van der Waals surface area contributed by atoms with Gasteiger partial charge in [-0.25, -0.2) is 0 Å². The number of ether oxygens (including phenoxy) is 1. The molecule has 2 saturated heterocycles. The molecule has 3 rings (SSSR count). The molecule has 2 aliphatic heterocycles. The molecule has 2 aliphatic rings. The van der Waals surface area contributed by atoms with E-state index in [2.05, 4.69) is 5.10 Å². The van der Waals surface area contributed by atoms with Crippen LogP contribution in [0.15, 0.2) is 12.4 Å². The molecule has 24 heavy (non-hydrogen) atoms. The fourth-order valence-electron chi connectivity index (χ4n) is 3.80. The zero-order chi connectivity index (χ0) is 17.1. The lowest BCUT2D eigenvalue weighted by Gasteiger charge is -2.33. The Morgan fingerprint density at radius 1 is 1.33 bits per heavy atom. The summed E-state index contributed by atoms with van der Waals surface area (Å²) in [7, 11) is 1.85. The molecule has 2 N–H and O–H groups in total. The van der Waals surface area contributed by atoms with Gasteiger partial charge < -0.3 is 15.4 Å². The van der Waals surface area contributed by atoms with E-state index in [1.165, 1.54) is 0 Å². The maximum absolute atomic E-state index is 12.4. The minimum absolute atomic E-state index is 0.0369. The summed E-state index contributed by atoms with van der Waals surface area (Å²) in [5.74, 6) is 0.266. The number of rotatable bonds is 5. The van der Waals surface area contributed by atoms with Gasteiger partial charge in [-0.2, -0.15) is 5.10 Å². The lowest BCUT2D eigenvalue weighted by Crippen LogP contribution is -2.40. The highest BCUT2D eigenvalue weighted by molar-refractivity contribution is 5.78. The fourth-order valence-corrected chi connectivity index (χ4v) is 3.80. The van der Waals surface area contributed by atoms with E-state index < -0.39 is 0 Å². The second kappa shape index (κ2) is 7.34. The highest BCUT2D eigenvalue weighted by Gasteiger charge is 2.35. The number of piperidine rings is 1. The van der Waals surface area contributed by atoms with Gasteiger partial charge in [0.15, 0.2) is 0 Å². The highest BCUT2D eigenvalue weighted by Crippen LogP contribution is 2.30. The van der Waals surface area contributed by atoms with Crippen LogP contribution in [0.25, 0.3) is 0 Å². The van der Waals surface area contributed by atoms with Crippen molar-refractivity contribution in [1.29, 1.82) is 0 Å². The summed E-state index contributed by atoms with van der Waals surface area (Å²) in [6, 6.07) is 0. The van der Waals surface area contributed by atoms with E-state index in [1.807, 2.05) is 18.1 Å². The van der Waals surface area contributed by atoms with Gasteiger partial charge in [0.2, 0.25) is 11.8 Å². The van der Waals surface area contributed by atoms with E-state index in [4.69, 9.17) is 10.5 Å². The maximum Gasteiger partial charge on any atom is 0.227 e. The van der Waals surface area contributed by atoms with Crippen molar-refractivity contribution in [3.05, 3.63) is 18.0 Å². The Bertz CT molecular complexity index is 592. The molecule has 132 valence electrons. The normalized spacial score (nSPS) is 25.1. The summed E-state index contributed by atoms with van der Waals surface area (Å²) >= 11 is 0. The van der Waals surface area contributed by atoms with Gasteiger partial charge in [-0.3, -0.25) is 14.3 Å². The summed E-state index contributed by atoms with van der Waals surface area (Å²) in [6.45, 7) is 2.18. The minimum atomic E-state index is -0.249. The summed E-state index contributed by atoms with van der Waals surface area (Å²) in [5, 5.41) is 4.10. The molecule has 0 radical (unpaired) electrons. The van der Waals surface area contributed by atoms with Crippen LogP contribution in [0.1, 0.15) is 31.2 Å². The number of nitrogens with zero attached hydrogens (tertiary/aromatic N) is 3. The van der Waals surface area contributed by atoms with Crippen molar-refractivity contribution in [3.63, 3.8) is 0 Å². The average molecular weight is 334 g/mol. The van der Waals surface area contributed by atoms with E-state index in [1.54, 1.807) is 10.9 Å².